The maximum atomic E-state index is 14.9. The van der Waals surface area contributed by atoms with Gasteiger partial charge in [0.15, 0.2) is 5.65 Å². The molecule has 2 fully saturated rings. The van der Waals surface area contributed by atoms with E-state index in [0.717, 1.165) is 31.7 Å². The number of carbonyl (C=O) groups excluding carboxylic acids is 1. The van der Waals surface area contributed by atoms with Crippen LogP contribution in [0.2, 0.25) is 5.02 Å². The van der Waals surface area contributed by atoms with Crippen molar-refractivity contribution >= 4 is 46.3 Å². The molecule has 2 atom stereocenters. The number of nitrogens with two attached hydrogens (primary N) is 1. The molecule has 200 valence electrons. The van der Waals surface area contributed by atoms with Crippen molar-refractivity contribution in [2.24, 2.45) is 11.7 Å². The summed E-state index contributed by atoms with van der Waals surface area (Å²) in [5, 5.41) is 25.8. The molecule has 0 unspecified atom stereocenters. The van der Waals surface area contributed by atoms with Gasteiger partial charge in [-0.05, 0) is 57.1 Å². The Labute approximate surface area is 224 Å². The van der Waals surface area contributed by atoms with E-state index >= 15 is 0 Å². The van der Waals surface area contributed by atoms with Crippen molar-refractivity contribution in [3.8, 4) is 6.07 Å². The van der Waals surface area contributed by atoms with Gasteiger partial charge < -0.3 is 21.5 Å². The zero-order valence-corrected chi connectivity index (χ0v) is 21.6. The van der Waals surface area contributed by atoms with E-state index in [1.165, 1.54) is 6.07 Å². The van der Waals surface area contributed by atoms with Crippen molar-refractivity contribution in [1.82, 2.24) is 19.5 Å². The van der Waals surface area contributed by atoms with Crippen LogP contribution in [0.25, 0.3) is 11.2 Å². The minimum Gasteiger partial charge on any atom is -0.393 e. The Hall–Kier alpha value is -3.49. The standard InChI is InChI=1S/C26H30ClFN8O2/c27-19-9-14(12-29)10-20(28)22(19)34-26-33-21-13-31-25(32-16-3-1-2-4-18(37)11-16)35-24(21)36(26)17-7-5-15(6-8-17)23(30)38/h9-10,13,15-18,37H,1-8,11H2,(H2,30,38)(H,33,34)(H,31,32,35)/t15-,16-,17+,18+/m0/s1. The van der Waals surface area contributed by atoms with Gasteiger partial charge in [-0.2, -0.15) is 10.2 Å². The van der Waals surface area contributed by atoms with Crippen LogP contribution in [-0.2, 0) is 4.79 Å². The second kappa shape index (κ2) is 11.1. The van der Waals surface area contributed by atoms with Crippen molar-refractivity contribution < 1.29 is 14.3 Å². The van der Waals surface area contributed by atoms with Crippen molar-refractivity contribution in [1.29, 1.82) is 5.26 Å². The summed E-state index contributed by atoms with van der Waals surface area (Å²) < 4.78 is 16.8. The molecule has 2 aliphatic rings. The molecular formula is C26H30ClFN8O2. The normalized spacial score (nSPS) is 23.9. The largest absolute Gasteiger partial charge is 0.393 e. The third kappa shape index (κ3) is 5.51. The van der Waals surface area contributed by atoms with Crippen LogP contribution in [0, 0.1) is 23.1 Å². The molecule has 38 heavy (non-hydrogen) atoms. The monoisotopic (exact) mass is 540 g/mol. The smallest absolute Gasteiger partial charge is 0.224 e. The molecule has 0 bridgehead atoms. The number of carbonyl (C=O) groups is 1. The Bertz CT molecular complexity index is 1360. The molecule has 3 aromatic rings. The molecule has 1 amide bonds. The number of hydrogen-bond acceptors (Lipinski definition) is 8. The molecule has 2 aliphatic carbocycles. The second-order valence-corrected chi connectivity index (χ2v) is 10.6. The van der Waals surface area contributed by atoms with Crippen LogP contribution >= 0.6 is 11.6 Å². The first kappa shape index (κ1) is 26.1. The number of halogens is 2. The number of nitriles is 1. The number of primary amides is 1. The fraction of sp³-hybridized carbons (Fsp3) is 0.500. The zero-order chi connectivity index (χ0) is 26.8. The van der Waals surface area contributed by atoms with Crippen LogP contribution in [0.1, 0.15) is 69.4 Å². The number of hydrogen-bond donors (Lipinski definition) is 4. The molecule has 2 saturated carbocycles. The average Bonchev–Trinajstić information content (AvgIpc) is 3.12. The Kier molecular flexibility index (Phi) is 7.63. The van der Waals surface area contributed by atoms with Gasteiger partial charge in [0.2, 0.25) is 17.8 Å². The number of aliphatic hydroxyl groups excluding tert-OH is 1. The number of amides is 1. The molecule has 0 saturated heterocycles. The SMILES string of the molecule is N#Cc1cc(F)c(Nc2nc3cnc(N[C@H]4CCCC[C@@H](O)C4)nc3n2[C@H]2CC[C@@H](C(N)=O)CC2)c(Cl)c1. The lowest BCUT2D eigenvalue weighted by atomic mass is 9.85. The highest BCUT2D eigenvalue weighted by Crippen LogP contribution is 2.38. The first-order valence-electron chi connectivity index (χ1n) is 13.0. The van der Waals surface area contributed by atoms with E-state index in [1.54, 1.807) is 6.20 Å². The van der Waals surface area contributed by atoms with E-state index in [2.05, 4.69) is 20.6 Å². The molecule has 10 nitrogen and oxygen atoms in total. The molecular weight excluding hydrogens is 511 g/mol. The quantitative estimate of drug-likeness (QED) is 0.332. The fourth-order valence-electron chi connectivity index (χ4n) is 5.53. The summed E-state index contributed by atoms with van der Waals surface area (Å²) in [5.41, 5.74) is 6.74. The maximum absolute atomic E-state index is 14.9. The fourth-order valence-corrected chi connectivity index (χ4v) is 5.79. The van der Waals surface area contributed by atoms with Crippen molar-refractivity contribution in [2.75, 3.05) is 10.6 Å². The predicted molar refractivity (Wildman–Crippen MR) is 141 cm³/mol. The Morgan fingerprint density at radius 3 is 2.66 bits per heavy atom. The van der Waals surface area contributed by atoms with Gasteiger partial charge in [0.25, 0.3) is 0 Å². The lowest BCUT2D eigenvalue weighted by molar-refractivity contribution is -0.122. The highest BCUT2D eigenvalue weighted by molar-refractivity contribution is 6.33. The highest BCUT2D eigenvalue weighted by atomic mass is 35.5. The summed E-state index contributed by atoms with van der Waals surface area (Å²) in [6.07, 6.45) is 8.19. The molecule has 0 aliphatic heterocycles. The number of nitrogens with zero attached hydrogens (tertiary/aromatic N) is 5. The minimum absolute atomic E-state index is 0.00629. The van der Waals surface area contributed by atoms with Gasteiger partial charge in [-0.1, -0.05) is 24.4 Å². The summed E-state index contributed by atoms with van der Waals surface area (Å²) >= 11 is 6.31. The van der Waals surface area contributed by atoms with Crippen LogP contribution in [0.4, 0.5) is 22.0 Å². The van der Waals surface area contributed by atoms with Gasteiger partial charge in [-0.15, -0.1) is 0 Å². The summed E-state index contributed by atoms with van der Waals surface area (Å²) in [5.74, 6) is -0.396. The molecule has 0 radical (unpaired) electrons. The van der Waals surface area contributed by atoms with E-state index in [-0.39, 0.29) is 46.3 Å². The molecule has 12 heteroatoms. The summed E-state index contributed by atoms with van der Waals surface area (Å²) in [6, 6.07) is 4.38. The van der Waals surface area contributed by atoms with E-state index < -0.39 is 5.82 Å². The van der Waals surface area contributed by atoms with Crippen molar-refractivity contribution in [3.05, 3.63) is 34.7 Å². The number of benzene rings is 1. The lowest BCUT2D eigenvalue weighted by Crippen LogP contribution is -2.29. The summed E-state index contributed by atoms with van der Waals surface area (Å²) in [4.78, 5) is 25.6. The van der Waals surface area contributed by atoms with Gasteiger partial charge in [-0.3, -0.25) is 9.36 Å². The predicted octanol–water partition coefficient (Wildman–Crippen LogP) is 4.56. The van der Waals surface area contributed by atoms with Crippen LogP contribution in [0.5, 0.6) is 0 Å². The van der Waals surface area contributed by atoms with E-state index in [0.29, 0.717) is 55.2 Å². The van der Waals surface area contributed by atoms with E-state index in [9.17, 15) is 14.3 Å². The first-order valence-corrected chi connectivity index (χ1v) is 13.3. The molecule has 5 rings (SSSR count). The van der Waals surface area contributed by atoms with Gasteiger partial charge in [0, 0.05) is 18.0 Å². The minimum atomic E-state index is -0.676. The van der Waals surface area contributed by atoms with Crippen molar-refractivity contribution in [2.45, 2.75) is 76.0 Å². The van der Waals surface area contributed by atoms with Gasteiger partial charge in [-0.25, -0.2) is 14.4 Å². The second-order valence-electron chi connectivity index (χ2n) is 10.2. The zero-order valence-electron chi connectivity index (χ0n) is 20.8. The molecule has 2 aromatic heterocycles. The molecule has 1 aromatic carbocycles. The maximum Gasteiger partial charge on any atom is 0.224 e. The van der Waals surface area contributed by atoms with Gasteiger partial charge in [0.05, 0.1) is 34.6 Å². The number of aliphatic hydroxyl groups is 1. The number of anilines is 3. The lowest BCUT2D eigenvalue weighted by Gasteiger charge is -2.29. The summed E-state index contributed by atoms with van der Waals surface area (Å²) in [7, 11) is 0. The summed E-state index contributed by atoms with van der Waals surface area (Å²) in [6.45, 7) is 0. The Balaban J connectivity index is 1.52. The molecule has 0 spiro atoms. The van der Waals surface area contributed by atoms with Gasteiger partial charge >= 0.3 is 0 Å². The third-order valence-corrected chi connectivity index (χ3v) is 7.83. The Morgan fingerprint density at radius 1 is 1.18 bits per heavy atom. The highest BCUT2D eigenvalue weighted by Gasteiger charge is 2.30. The molecule has 2 heterocycles. The van der Waals surface area contributed by atoms with Crippen LogP contribution in [0.3, 0.4) is 0 Å². The first-order chi connectivity index (χ1) is 18.3. The topological polar surface area (TPSA) is 155 Å². The van der Waals surface area contributed by atoms with E-state index in [1.807, 2.05) is 10.6 Å². The number of nitrogens with one attached hydrogen (secondary N) is 2. The number of aromatic nitrogens is 4. The number of fused-ring (bicyclic) bond motifs is 1. The third-order valence-electron chi connectivity index (χ3n) is 7.53. The van der Waals surface area contributed by atoms with Crippen LogP contribution < -0.4 is 16.4 Å². The van der Waals surface area contributed by atoms with Crippen LogP contribution in [0.15, 0.2) is 18.3 Å². The van der Waals surface area contributed by atoms with Crippen molar-refractivity contribution in [3.63, 3.8) is 0 Å². The number of rotatable bonds is 6. The van der Waals surface area contributed by atoms with Gasteiger partial charge in [0.1, 0.15) is 11.3 Å². The van der Waals surface area contributed by atoms with Crippen LogP contribution in [-0.4, -0.2) is 42.7 Å². The molecule has 5 N–H and O–H groups in total. The number of imidazole rings is 1. The Morgan fingerprint density at radius 2 is 1.95 bits per heavy atom. The van der Waals surface area contributed by atoms with E-state index in [4.69, 9.17) is 27.6 Å². The average molecular weight is 541 g/mol.